The standard InChI is InChI=1S/C23H34FN5O2/c1-26-11-13-28(14-12-26)21(30)8-7-19-15-25-23(31)22-20(27(19)2)9-10-29(22)16-17-3-5-18(24)6-4-17/h3-6,19-20,22H,7-16H2,1-2H3,(H,25,31). The lowest BCUT2D eigenvalue weighted by Gasteiger charge is -2.35. The van der Waals surface area contributed by atoms with E-state index in [1.165, 1.54) is 12.1 Å². The van der Waals surface area contributed by atoms with E-state index < -0.39 is 0 Å². The molecule has 3 heterocycles. The van der Waals surface area contributed by atoms with Gasteiger partial charge in [0, 0.05) is 64.3 Å². The highest BCUT2D eigenvalue weighted by atomic mass is 19.1. The summed E-state index contributed by atoms with van der Waals surface area (Å²) in [7, 11) is 4.17. The van der Waals surface area contributed by atoms with Gasteiger partial charge >= 0.3 is 0 Å². The van der Waals surface area contributed by atoms with Crippen molar-refractivity contribution in [1.29, 1.82) is 0 Å². The number of benzene rings is 1. The van der Waals surface area contributed by atoms with Crippen LogP contribution in [0.2, 0.25) is 0 Å². The number of carbonyl (C=O) groups is 2. The Morgan fingerprint density at radius 3 is 2.52 bits per heavy atom. The van der Waals surface area contributed by atoms with Crippen molar-refractivity contribution in [1.82, 2.24) is 24.9 Å². The zero-order valence-corrected chi connectivity index (χ0v) is 18.6. The predicted molar refractivity (Wildman–Crippen MR) is 117 cm³/mol. The Kier molecular flexibility index (Phi) is 6.89. The maximum absolute atomic E-state index is 13.2. The number of hydrogen-bond acceptors (Lipinski definition) is 5. The normalized spacial score (nSPS) is 28.3. The van der Waals surface area contributed by atoms with Gasteiger partial charge in [-0.2, -0.15) is 0 Å². The minimum absolute atomic E-state index is 0.0596. The largest absolute Gasteiger partial charge is 0.353 e. The second-order valence-electron chi connectivity index (χ2n) is 9.18. The third-order valence-electron chi connectivity index (χ3n) is 7.20. The summed E-state index contributed by atoms with van der Waals surface area (Å²) in [5.41, 5.74) is 1.01. The number of nitrogens with zero attached hydrogens (tertiary/aromatic N) is 4. The van der Waals surface area contributed by atoms with Crippen molar-refractivity contribution in [2.75, 3.05) is 53.4 Å². The summed E-state index contributed by atoms with van der Waals surface area (Å²) >= 11 is 0. The lowest BCUT2D eigenvalue weighted by Crippen LogP contribution is -2.50. The van der Waals surface area contributed by atoms with Crippen molar-refractivity contribution < 1.29 is 14.0 Å². The minimum Gasteiger partial charge on any atom is -0.353 e. The topological polar surface area (TPSA) is 59.1 Å². The number of likely N-dealkylation sites (N-methyl/N-ethyl adjacent to an activating group) is 2. The Bertz CT molecular complexity index is 781. The molecule has 0 saturated carbocycles. The van der Waals surface area contributed by atoms with E-state index in [4.69, 9.17) is 0 Å². The summed E-state index contributed by atoms with van der Waals surface area (Å²) in [6, 6.07) is 6.58. The van der Waals surface area contributed by atoms with Crippen molar-refractivity contribution in [3.05, 3.63) is 35.6 Å². The molecule has 0 radical (unpaired) electrons. The minimum atomic E-state index is -0.246. The van der Waals surface area contributed by atoms with Gasteiger partial charge in [-0.05, 0) is 44.6 Å². The van der Waals surface area contributed by atoms with E-state index in [0.29, 0.717) is 19.5 Å². The zero-order chi connectivity index (χ0) is 22.0. The number of rotatable bonds is 5. The molecule has 0 spiro atoms. The van der Waals surface area contributed by atoms with Crippen LogP contribution in [0, 0.1) is 5.82 Å². The van der Waals surface area contributed by atoms with E-state index in [1.807, 2.05) is 4.90 Å². The first kappa shape index (κ1) is 22.2. The van der Waals surface area contributed by atoms with Crippen molar-refractivity contribution in [2.45, 2.75) is 43.9 Å². The molecule has 3 atom stereocenters. The quantitative estimate of drug-likeness (QED) is 0.746. The van der Waals surface area contributed by atoms with Gasteiger partial charge in [-0.25, -0.2) is 4.39 Å². The van der Waals surface area contributed by atoms with Crippen molar-refractivity contribution in [3.8, 4) is 0 Å². The highest BCUT2D eigenvalue weighted by molar-refractivity contribution is 5.83. The van der Waals surface area contributed by atoms with Gasteiger partial charge in [0.15, 0.2) is 0 Å². The molecule has 31 heavy (non-hydrogen) atoms. The number of halogens is 1. The molecule has 3 aliphatic heterocycles. The molecule has 3 aliphatic rings. The summed E-state index contributed by atoms with van der Waals surface area (Å²) in [4.78, 5) is 34.3. The maximum Gasteiger partial charge on any atom is 0.239 e. The van der Waals surface area contributed by atoms with Gasteiger partial charge in [-0.15, -0.1) is 0 Å². The second kappa shape index (κ2) is 9.63. The first-order valence-electron chi connectivity index (χ1n) is 11.4. The van der Waals surface area contributed by atoms with E-state index in [1.54, 1.807) is 12.1 Å². The highest BCUT2D eigenvalue weighted by Gasteiger charge is 2.44. The smallest absolute Gasteiger partial charge is 0.239 e. The molecule has 3 unspecified atom stereocenters. The molecule has 8 heteroatoms. The Morgan fingerprint density at radius 2 is 1.81 bits per heavy atom. The van der Waals surface area contributed by atoms with Crippen LogP contribution in [-0.4, -0.2) is 103 Å². The van der Waals surface area contributed by atoms with Crippen LogP contribution < -0.4 is 5.32 Å². The number of carbonyl (C=O) groups excluding carboxylic acids is 2. The predicted octanol–water partition coefficient (Wildman–Crippen LogP) is 0.753. The van der Waals surface area contributed by atoms with Crippen LogP contribution in [0.5, 0.6) is 0 Å². The Labute approximate surface area is 184 Å². The average Bonchev–Trinajstić information content (AvgIpc) is 3.13. The van der Waals surface area contributed by atoms with E-state index in [0.717, 1.165) is 51.1 Å². The SMILES string of the molecule is CN1CCN(C(=O)CCC2CNC(=O)C3C(CCN3Cc3ccc(F)cc3)N2C)CC1. The summed E-state index contributed by atoms with van der Waals surface area (Å²) in [5, 5.41) is 3.12. The van der Waals surface area contributed by atoms with Crippen LogP contribution in [0.25, 0.3) is 0 Å². The van der Waals surface area contributed by atoms with Gasteiger partial charge in [0.25, 0.3) is 0 Å². The van der Waals surface area contributed by atoms with Crippen LogP contribution in [-0.2, 0) is 16.1 Å². The molecule has 0 aromatic heterocycles. The third kappa shape index (κ3) is 5.07. The molecule has 7 nitrogen and oxygen atoms in total. The molecule has 0 aliphatic carbocycles. The summed E-state index contributed by atoms with van der Waals surface area (Å²) < 4.78 is 13.2. The fraction of sp³-hybridized carbons (Fsp3) is 0.652. The second-order valence-corrected chi connectivity index (χ2v) is 9.18. The number of piperazine rings is 1. The summed E-state index contributed by atoms with van der Waals surface area (Å²) in [6.45, 7) is 5.50. The molecule has 1 aromatic rings. The fourth-order valence-corrected chi connectivity index (χ4v) is 5.15. The molecule has 170 valence electrons. The van der Waals surface area contributed by atoms with Gasteiger partial charge in [0.2, 0.25) is 11.8 Å². The Morgan fingerprint density at radius 1 is 1.10 bits per heavy atom. The monoisotopic (exact) mass is 431 g/mol. The molecule has 0 bridgehead atoms. The van der Waals surface area contributed by atoms with Gasteiger partial charge in [-0.1, -0.05) is 12.1 Å². The van der Waals surface area contributed by atoms with Gasteiger partial charge in [-0.3, -0.25) is 19.4 Å². The van der Waals surface area contributed by atoms with Crippen LogP contribution in [0.15, 0.2) is 24.3 Å². The molecular weight excluding hydrogens is 397 g/mol. The van der Waals surface area contributed by atoms with Crippen LogP contribution in [0.1, 0.15) is 24.8 Å². The van der Waals surface area contributed by atoms with Crippen molar-refractivity contribution >= 4 is 11.8 Å². The summed E-state index contributed by atoms with van der Waals surface area (Å²) in [6.07, 6.45) is 2.19. The lowest BCUT2D eigenvalue weighted by atomic mass is 10.0. The first-order valence-corrected chi connectivity index (χ1v) is 11.4. The number of nitrogens with one attached hydrogen (secondary N) is 1. The number of amides is 2. The van der Waals surface area contributed by atoms with Gasteiger partial charge in [0.05, 0.1) is 0 Å². The Hall–Kier alpha value is -2.03. The number of hydrogen-bond donors (Lipinski definition) is 1. The van der Waals surface area contributed by atoms with Gasteiger partial charge < -0.3 is 15.1 Å². The van der Waals surface area contributed by atoms with E-state index >= 15 is 0 Å². The average molecular weight is 432 g/mol. The molecular formula is C23H34FN5O2. The van der Waals surface area contributed by atoms with Crippen molar-refractivity contribution in [3.63, 3.8) is 0 Å². The van der Waals surface area contributed by atoms with Crippen molar-refractivity contribution in [2.24, 2.45) is 0 Å². The molecule has 3 fully saturated rings. The molecule has 3 saturated heterocycles. The van der Waals surface area contributed by atoms with Gasteiger partial charge in [0.1, 0.15) is 11.9 Å². The molecule has 4 rings (SSSR count). The first-order chi connectivity index (χ1) is 14.9. The molecule has 1 N–H and O–H groups in total. The molecule has 2 amide bonds. The lowest BCUT2D eigenvalue weighted by molar-refractivity contribution is -0.133. The maximum atomic E-state index is 13.2. The van der Waals surface area contributed by atoms with Crippen LogP contribution in [0.4, 0.5) is 4.39 Å². The highest BCUT2D eigenvalue weighted by Crippen LogP contribution is 2.28. The summed E-state index contributed by atoms with van der Waals surface area (Å²) in [5.74, 6) is 0.0336. The van der Waals surface area contributed by atoms with E-state index in [2.05, 4.69) is 34.1 Å². The third-order valence-corrected chi connectivity index (χ3v) is 7.20. The fourth-order valence-electron chi connectivity index (χ4n) is 5.15. The molecule has 1 aromatic carbocycles. The Balaban J connectivity index is 1.35. The van der Waals surface area contributed by atoms with Crippen LogP contribution in [0.3, 0.4) is 0 Å². The number of fused-ring (bicyclic) bond motifs is 1. The van der Waals surface area contributed by atoms with E-state index in [9.17, 15) is 14.0 Å². The van der Waals surface area contributed by atoms with Crippen LogP contribution >= 0.6 is 0 Å². The number of likely N-dealkylation sites (tertiary alicyclic amines) is 1. The van der Waals surface area contributed by atoms with E-state index in [-0.39, 0.29) is 35.8 Å². The zero-order valence-electron chi connectivity index (χ0n) is 18.6.